The first-order chi connectivity index (χ1) is 10.4. The Bertz CT molecular complexity index is 565. The number of methoxy groups -OCH3 is 1. The molecule has 1 aliphatic rings. The molecule has 1 unspecified atom stereocenters. The van der Waals surface area contributed by atoms with Gasteiger partial charge < -0.3 is 9.64 Å². The molecule has 0 aromatic heterocycles. The molecule has 2 rings (SSSR count). The third-order valence-corrected chi connectivity index (χ3v) is 5.86. The number of halogens is 1. The van der Waals surface area contributed by atoms with Gasteiger partial charge in [0.05, 0.1) is 7.11 Å². The summed E-state index contributed by atoms with van der Waals surface area (Å²) < 4.78 is 30.9. The molecule has 0 saturated carbocycles. The second kappa shape index (κ2) is 7.22. The topological polar surface area (TPSA) is 46.6 Å². The van der Waals surface area contributed by atoms with E-state index in [-0.39, 0.29) is 28.6 Å². The van der Waals surface area contributed by atoms with E-state index < -0.39 is 16.6 Å². The van der Waals surface area contributed by atoms with Crippen molar-refractivity contribution in [3.8, 4) is 5.75 Å². The van der Waals surface area contributed by atoms with Crippen molar-refractivity contribution in [3.05, 3.63) is 29.6 Å². The number of benzene rings is 1. The van der Waals surface area contributed by atoms with Crippen molar-refractivity contribution in [2.75, 3.05) is 20.2 Å². The van der Waals surface area contributed by atoms with Crippen molar-refractivity contribution < 1.29 is 18.1 Å². The lowest BCUT2D eigenvalue weighted by molar-refractivity contribution is -0.131. The van der Waals surface area contributed by atoms with Crippen LogP contribution in [-0.2, 0) is 22.0 Å². The Morgan fingerprint density at radius 2 is 2.00 bits per heavy atom. The van der Waals surface area contributed by atoms with Crippen molar-refractivity contribution >= 4 is 16.7 Å². The maximum Gasteiger partial charge on any atom is 0.222 e. The van der Waals surface area contributed by atoms with Crippen molar-refractivity contribution in [2.45, 2.75) is 37.2 Å². The van der Waals surface area contributed by atoms with Crippen LogP contribution in [0.4, 0.5) is 4.39 Å². The zero-order valence-corrected chi connectivity index (χ0v) is 14.0. The molecule has 3 atom stereocenters. The summed E-state index contributed by atoms with van der Waals surface area (Å²) in [4.78, 5) is 14.1. The normalized spacial score (nSPS) is 25.1. The van der Waals surface area contributed by atoms with Crippen LogP contribution < -0.4 is 4.74 Å². The largest absolute Gasteiger partial charge is 0.494 e. The molecular weight excluding hydrogens is 305 g/mol. The molecule has 1 aromatic carbocycles. The summed E-state index contributed by atoms with van der Waals surface area (Å²) in [5.41, 5.74) is 0.481. The van der Waals surface area contributed by atoms with E-state index in [1.807, 2.05) is 13.8 Å². The van der Waals surface area contributed by atoms with Crippen LogP contribution in [0.1, 0.15) is 25.8 Å². The maximum atomic E-state index is 14.1. The molecule has 0 aliphatic carbocycles. The van der Waals surface area contributed by atoms with E-state index in [0.717, 1.165) is 0 Å². The highest BCUT2D eigenvalue weighted by molar-refractivity contribution is 7.86. The molecule has 22 heavy (non-hydrogen) atoms. The van der Waals surface area contributed by atoms with Gasteiger partial charge in [-0.15, -0.1) is 0 Å². The average Bonchev–Trinajstić information content (AvgIpc) is 2.50. The molecule has 0 N–H and O–H groups in total. The summed E-state index contributed by atoms with van der Waals surface area (Å²) in [6.07, 6.45) is 0.584. The first-order valence-corrected chi connectivity index (χ1v) is 8.70. The standard InChI is InChI=1S/C16H22FNO3S/c1-11-9-18(10-12(2)22(11)20)15(19)8-7-13-5-4-6-14(21-3)16(13)17/h4-6,11-12H,7-10H2,1-3H3/t11-,12+,22?. The fourth-order valence-electron chi connectivity index (χ4n) is 2.75. The van der Waals surface area contributed by atoms with Gasteiger partial charge in [0.15, 0.2) is 11.6 Å². The molecule has 1 fully saturated rings. The minimum absolute atomic E-state index is 0.0127. The highest BCUT2D eigenvalue weighted by Gasteiger charge is 2.30. The average molecular weight is 327 g/mol. The van der Waals surface area contributed by atoms with E-state index >= 15 is 0 Å². The van der Waals surface area contributed by atoms with Gasteiger partial charge in [-0.1, -0.05) is 12.1 Å². The van der Waals surface area contributed by atoms with E-state index in [4.69, 9.17) is 4.74 Å². The summed E-state index contributed by atoms with van der Waals surface area (Å²) in [5.74, 6) is -0.225. The number of aryl methyl sites for hydroxylation is 1. The summed E-state index contributed by atoms with van der Waals surface area (Å²) in [5, 5.41) is -0.0255. The third kappa shape index (κ3) is 3.66. The van der Waals surface area contributed by atoms with Crippen LogP contribution in [0.2, 0.25) is 0 Å². The molecule has 0 radical (unpaired) electrons. The number of carbonyl (C=O) groups is 1. The van der Waals surface area contributed by atoms with E-state index in [1.54, 1.807) is 23.1 Å². The quantitative estimate of drug-likeness (QED) is 0.851. The van der Waals surface area contributed by atoms with Gasteiger partial charge in [0, 0.05) is 40.8 Å². The van der Waals surface area contributed by atoms with Crippen molar-refractivity contribution in [2.24, 2.45) is 0 Å². The molecule has 1 aromatic rings. The Morgan fingerprint density at radius 1 is 1.36 bits per heavy atom. The lowest BCUT2D eigenvalue weighted by Crippen LogP contribution is -2.49. The van der Waals surface area contributed by atoms with Gasteiger partial charge in [-0.25, -0.2) is 4.39 Å². The molecule has 1 saturated heterocycles. The number of hydrogen-bond acceptors (Lipinski definition) is 3. The summed E-state index contributed by atoms with van der Waals surface area (Å²) >= 11 is 0. The number of ether oxygens (including phenoxy) is 1. The fourth-order valence-corrected chi connectivity index (χ4v) is 4.20. The van der Waals surface area contributed by atoms with Crippen LogP contribution in [-0.4, -0.2) is 45.7 Å². The highest BCUT2D eigenvalue weighted by Crippen LogP contribution is 2.22. The Morgan fingerprint density at radius 3 is 2.59 bits per heavy atom. The lowest BCUT2D eigenvalue weighted by Gasteiger charge is -2.34. The van der Waals surface area contributed by atoms with Gasteiger partial charge in [0.2, 0.25) is 5.91 Å². The molecule has 1 aliphatic heterocycles. The van der Waals surface area contributed by atoms with Gasteiger partial charge in [-0.05, 0) is 31.9 Å². The monoisotopic (exact) mass is 327 g/mol. The molecule has 0 bridgehead atoms. The van der Waals surface area contributed by atoms with Crippen LogP contribution in [0.25, 0.3) is 0 Å². The predicted molar refractivity (Wildman–Crippen MR) is 84.9 cm³/mol. The molecule has 1 heterocycles. The van der Waals surface area contributed by atoms with Crippen LogP contribution in [0.5, 0.6) is 5.75 Å². The molecule has 1 amide bonds. The number of hydrogen-bond donors (Lipinski definition) is 0. The second-order valence-electron chi connectivity index (χ2n) is 5.68. The van der Waals surface area contributed by atoms with Crippen LogP contribution >= 0.6 is 0 Å². The molecule has 122 valence electrons. The fraction of sp³-hybridized carbons (Fsp3) is 0.562. The van der Waals surface area contributed by atoms with Gasteiger partial charge in [0.25, 0.3) is 0 Å². The Kier molecular flexibility index (Phi) is 5.56. The van der Waals surface area contributed by atoms with Gasteiger partial charge >= 0.3 is 0 Å². The summed E-state index contributed by atoms with van der Waals surface area (Å²) in [7, 11) is 0.535. The number of amides is 1. The molecule has 4 nitrogen and oxygen atoms in total. The van der Waals surface area contributed by atoms with Gasteiger partial charge in [0.1, 0.15) is 0 Å². The molecule has 6 heteroatoms. The lowest BCUT2D eigenvalue weighted by atomic mass is 10.1. The Hall–Kier alpha value is -1.43. The number of rotatable bonds is 4. The molecule has 0 spiro atoms. The van der Waals surface area contributed by atoms with E-state index in [1.165, 1.54) is 7.11 Å². The maximum absolute atomic E-state index is 14.1. The SMILES string of the molecule is COc1cccc(CCC(=O)N2C[C@@H](C)S(=O)[C@@H](C)C2)c1F. The second-order valence-corrected chi connectivity index (χ2v) is 7.95. The van der Waals surface area contributed by atoms with Crippen molar-refractivity contribution in [3.63, 3.8) is 0 Å². The summed E-state index contributed by atoms with van der Waals surface area (Å²) in [6, 6.07) is 4.95. The van der Waals surface area contributed by atoms with Crippen LogP contribution in [0.3, 0.4) is 0 Å². The minimum Gasteiger partial charge on any atom is -0.494 e. The van der Waals surface area contributed by atoms with Crippen LogP contribution in [0, 0.1) is 5.82 Å². The summed E-state index contributed by atoms with van der Waals surface area (Å²) in [6.45, 7) is 4.81. The smallest absolute Gasteiger partial charge is 0.222 e. The Labute approximate surface area is 133 Å². The van der Waals surface area contributed by atoms with E-state index in [9.17, 15) is 13.4 Å². The third-order valence-electron chi connectivity index (χ3n) is 3.97. The highest BCUT2D eigenvalue weighted by atomic mass is 32.2. The number of carbonyl (C=O) groups excluding carboxylic acids is 1. The predicted octanol–water partition coefficient (Wildman–Crippen LogP) is 2.13. The number of nitrogens with zero attached hydrogens (tertiary/aromatic N) is 1. The first-order valence-electron chi connectivity index (χ1n) is 7.42. The minimum atomic E-state index is -0.885. The first kappa shape index (κ1) is 16.9. The zero-order chi connectivity index (χ0) is 16.3. The molecular formula is C16H22FNO3S. The zero-order valence-electron chi connectivity index (χ0n) is 13.2. The van der Waals surface area contributed by atoms with E-state index in [2.05, 4.69) is 0 Å². The van der Waals surface area contributed by atoms with Gasteiger partial charge in [-0.3, -0.25) is 9.00 Å². The van der Waals surface area contributed by atoms with Crippen molar-refractivity contribution in [1.82, 2.24) is 4.90 Å². The van der Waals surface area contributed by atoms with Gasteiger partial charge in [-0.2, -0.15) is 0 Å². The Balaban J connectivity index is 1.97. The van der Waals surface area contributed by atoms with Crippen LogP contribution in [0.15, 0.2) is 18.2 Å². The van der Waals surface area contributed by atoms with Crippen molar-refractivity contribution in [1.29, 1.82) is 0 Å². The van der Waals surface area contributed by atoms with E-state index in [0.29, 0.717) is 25.1 Å².